The number of rotatable bonds is 7. The van der Waals surface area contributed by atoms with Gasteiger partial charge in [-0.2, -0.15) is 5.10 Å². The number of carbonyl (C=O) groups is 4. The maximum Gasteiger partial charge on any atom is 0.303 e. The van der Waals surface area contributed by atoms with Crippen molar-refractivity contribution in [3.05, 3.63) is 24.2 Å². The molecule has 1 aliphatic heterocycles. The SMILES string of the molecule is CCCC(=O)Nc1ncnn2c(C3(C)OC4C(OC(C)=O)C4(OC(C)=O)C3OC(C)=O)ccc12. The molecule has 1 saturated carbocycles. The van der Waals surface area contributed by atoms with Crippen LogP contribution >= 0.6 is 0 Å². The number of aromatic nitrogens is 3. The molecule has 0 bridgehead atoms. The van der Waals surface area contributed by atoms with E-state index in [9.17, 15) is 19.2 Å². The van der Waals surface area contributed by atoms with Crippen LogP contribution in [0.4, 0.5) is 5.82 Å². The smallest absolute Gasteiger partial charge is 0.303 e. The zero-order chi connectivity index (χ0) is 24.8. The van der Waals surface area contributed by atoms with E-state index in [1.807, 2.05) is 6.92 Å². The van der Waals surface area contributed by atoms with Crippen molar-refractivity contribution in [2.24, 2.45) is 0 Å². The average molecular weight is 474 g/mol. The second-order valence-electron chi connectivity index (χ2n) is 8.53. The molecule has 0 aromatic carbocycles. The molecule has 2 fully saturated rings. The van der Waals surface area contributed by atoms with E-state index in [2.05, 4.69) is 15.4 Å². The molecule has 34 heavy (non-hydrogen) atoms. The zero-order valence-corrected chi connectivity index (χ0v) is 19.5. The Kier molecular flexibility index (Phi) is 5.80. The van der Waals surface area contributed by atoms with Crippen molar-refractivity contribution >= 4 is 35.1 Å². The fraction of sp³-hybridized carbons (Fsp3) is 0.545. The summed E-state index contributed by atoms with van der Waals surface area (Å²) in [5.74, 6) is -1.75. The molecule has 1 saturated heterocycles. The van der Waals surface area contributed by atoms with E-state index in [-0.39, 0.29) is 5.91 Å². The number of esters is 3. The molecule has 1 aliphatic carbocycles. The third kappa shape index (κ3) is 3.67. The molecule has 2 aromatic heterocycles. The van der Waals surface area contributed by atoms with Crippen LogP contribution in [0.1, 0.15) is 53.2 Å². The first-order chi connectivity index (χ1) is 16.0. The highest BCUT2D eigenvalue weighted by Crippen LogP contribution is 2.62. The van der Waals surface area contributed by atoms with Gasteiger partial charge < -0.3 is 24.3 Å². The van der Waals surface area contributed by atoms with E-state index in [4.69, 9.17) is 18.9 Å². The normalized spacial score (nSPS) is 29.3. The molecule has 1 amide bonds. The van der Waals surface area contributed by atoms with Crippen LogP contribution in [0, 0.1) is 0 Å². The zero-order valence-electron chi connectivity index (χ0n) is 19.5. The van der Waals surface area contributed by atoms with Gasteiger partial charge in [0.05, 0.1) is 5.69 Å². The summed E-state index contributed by atoms with van der Waals surface area (Å²) in [5, 5.41) is 7.05. The van der Waals surface area contributed by atoms with Crippen molar-refractivity contribution in [3.63, 3.8) is 0 Å². The van der Waals surface area contributed by atoms with Gasteiger partial charge in [-0.25, -0.2) is 9.50 Å². The topological polar surface area (TPSA) is 147 Å². The number of carbonyl (C=O) groups excluding carboxylic acids is 4. The van der Waals surface area contributed by atoms with Gasteiger partial charge in [0.25, 0.3) is 0 Å². The van der Waals surface area contributed by atoms with Gasteiger partial charge in [0.15, 0.2) is 18.0 Å². The highest BCUT2D eigenvalue weighted by atomic mass is 16.7. The van der Waals surface area contributed by atoms with Crippen LogP contribution in [0.5, 0.6) is 0 Å². The highest BCUT2D eigenvalue weighted by Gasteiger charge is 2.87. The first-order valence-electron chi connectivity index (χ1n) is 10.9. The Bertz CT molecular complexity index is 1180. The van der Waals surface area contributed by atoms with E-state index in [1.54, 1.807) is 19.1 Å². The molecule has 2 aromatic rings. The van der Waals surface area contributed by atoms with E-state index >= 15 is 0 Å². The van der Waals surface area contributed by atoms with Crippen LogP contribution in [-0.2, 0) is 43.7 Å². The number of ether oxygens (including phenoxy) is 4. The van der Waals surface area contributed by atoms with Crippen molar-refractivity contribution in [3.8, 4) is 0 Å². The maximum atomic E-state index is 12.1. The largest absolute Gasteiger partial charge is 0.455 e. The third-order valence-electron chi connectivity index (χ3n) is 5.93. The first-order valence-corrected chi connectivity index (χ1v) is 10.9. The summed E-state index contributed by atoms with van der Waals surface area (Å²) in [4.78, 5) is 52.0. The lowest BCUT2D eigenvalue weighted by Crippen LogP contribution is -2.50. The molecular formula is C22H26N4O8. The summed E-state index contributed by atoms with van der Waals surface area (Å²) in [5.41, 5.74) is -1.89. The summed E-state index contributed by atoms with van der Waals surface area (Å²) in [6, 6.07) is 3.39. The Morgan fingerprint density at radius 1 is 1.12 bits per heavy atom. The summed E-state index contributed by atoms with van der Waals surface area (Å²) >= 11 is 0. The number of nitrogens with zero attached hydrogens (tertiary/aromatic N) is 3. The van der Waals surface area contributed by atoms with Crippen LogP contribution in [-0.4, -0.2) is 62.3 Å². The summed E-state index contributed by atoms with van der Waals surface area (Å²) < 4.78 is 24.3. The maximum absolute atomic E-state index is 12.1. The molecule has 1 N–H and O–H groups in total. The first kappa shape index (κ1) is 23.6. The molecule has 0 spiro atoms. The van der Waals surface area contributed by atoms with Crippen molar-refractivity contribution < 1.29 is 38.1 Å². The highest BCUT2D eigenvalue weighted by molar-refractivity contribution is 5.93. The molecule has 5 unspecified atom stereocenters. The molecule has 12 heteroatoms. The third-order valence-corrected chi connectivity index (χ3v) is 5.93. The van der Waals surface area contributed by atoms with Crippen molar-refractivity contribution in [2.45, 2.75) is 77.0 Å². The Hall–Kier alpha value is -3.54. The predicted octanol–water partition coefficient (Wildman–Crippen LogP) is 1.26. The van der Waals surface area contributed by atoms with Gasteiger partial charge in [0, 0.05) is 27.2 Å². The predicted molar refractivity (Wildman–Crippen MR) is 114 cm³/mol. The fourth-order valence-corrected chi connectivity index (χ4v) is 4.67. The minimum atomic E-state index is -1.51. The molecule has 182 valence electrons. The van der Waals surface area contributed by atoms with Crippen LogP contribution in [0.3, 0.4) is 0 Å². The van der Waals surface area contributed by atoms with Crippen LogP contribution in [0.15, 0.2) is 18.5 Å². The number of nitrogens with one attached hydrogen (secondary N) is 1. The minimum absolute atomic E-state index is 0.189. The standard InChI is InChI=1S/C22H26N4O8/c1-6-7-16(30)25-19-14-8-9-15(26(14)24-10-23-19)21(5)20(32-12(3)28)22(33-13(4)29)17(18(22)34-21)31-11(2)27/h8-10,17-18,20H,6-7H2,1-5H3,(H,23,24,25,30). The molecule has 0 radical (unpaired) electrons. The molecule has 5 atom stereocenters. The molecule has 12 nitrogen and oxygen atoms in total. The lowest BCUT2D eigenvalue weighted by atomic mass is 9.90. The van der Waals surface area contributed by atoms with E-state index in [0.717, 1.165) is 0 Å². The average Bonchev–Trinajstić information content (AvgIpc) is 3.03. The van der Waals surface area contributed by atoms with E-state index in [0.29, 0.717) is 29.9 Å². The molecule has 2 aliphatic rings. The Morgan fingerprint density at radius 3 is 2.44 bits per heavy atom. The lowest BCUT2D eigenvalue weighted by molar-refractivity contribution is -0.192. The van der Waals surface area contributed by atoms with Crippen LogP contribution in [0.2, 0.25) is 0 Å². The molecular weight excluding hydrogens is 448 g/mol. The Labute approximate surface area is 194 Å². The number of fused-ring (bicyclic) bond motifs is 2. The van der Waals surface area contributed by atoms with Gasteiger partial charge in [0.2, 0.25) is 11.5 Å². The monoisotopic (exact) mass is 474 g/mol. The number of hydrogen-bond donors (Lipinski definition) is 1. The quantitative estimate of drug-likeness (QED) is 0.459. The molecule has 4 rings (SSSR count). The van der Waals surface area contributed by atoms with E-state index in [1.165, 1.54) is 31.6 Å². The minimum Gasteiger partial charge on any atom is -0.455 e. The van der Waals surface area contributed by atoms with Crippen molar-refractivity contribution in [1.82, 2.24) is 14.6 Å². The van der Waals surface area contributed by atoms with Gasteiger partial charge in [-0.05, 0) is 25.5 Å². The fourth-order valence-electron chi connectivity index (χ4n) is 4.67. The van der Waals surface area contributed by atoms with Gasteiger partial charge in [-0.15, -0.1) is 0 Å². The number of amides is 1. The second-order valence-corrected chi connectivity index (χ2v) is 8.53. The number of hydrogen-bond acceptors (Lipinski definition) is 10. The Morgan fingerprint density at radius 2 is 1.82 bits per heavy atom. The Balaban J connectivity index is 1.78. The van der Waals surface area contributed by atoms with E-state index < -0.39 is 47.4 Å². The summed E-state index contributed by atoms with van der Waals surface area (Å²) in [6.07, 6.45) is -0.646. The van der Waals surface area contributed by atoms with Gasteiger partial charge >= 0.3 is 17.9 Å². The van der Waals surface area contributed by atoms with Crippen molar-refractivity contribution in [2.75, 3.05) is 5.32 Å². The van der Waals surface area contributed by atoms with Crippen LogP contribution in [0.25, 0.3) is 5.52 Å². The second kappa shape index (κ2) is 8.35. The summed E-state index contributed by atoms with van der Waals surface area (Å²) in [6.45, 7) is 7.22. The lowest BCUT2D eigenvalue weighted by Gasteiger charge is -2.35. The molecule has 3 heterocycles. The van der Waals surface area contributed by atoms with Gasteiger partial charge in [-0.3, -0.25) is 19.2 Å². The van der Waals surface area contributed by atoms with Crippen LogP contribution < -0.4 is 5.32 Å². The van der Waals surface area contributed by atoms with Gasteiger partial charge in [0.1, 0.15) is 23.5 Å². The summed E-state index contributed by atoms with van der Waals surface area (Å²) in [7, 11) is 0. The number of anilines is 1. The van der Waals surface area contributed by atoms with Crippen molar-refractivity contribution in [1.29, 1.82) is 0 Å². The van der Waals surface area contributed by atoms with Gasteiger partial charge in [-0.1, -0.05) is 6.92 Å².